The molecule has 0 aliphatic carbocycles. The van der Waals surface area contributed by atoms with Crippen LogP contribution in [0.25, 0.3) is 0 Å². The van der Waals surface area contributed by atoms with Crippen LogP contribution in [0, 0.1) is 0 Å². The van der Waals surface area contributed by atoms with Gasteiger partial charge in [0, 0.05) is 14.1 Å². The smallest absolute Gasteiger partial charge is 0.208 e. The Labute approximate surface area is 118 Å². The fourth-order valence-electron chi connectivity index (χ4n) is 1.22. The molecule has 2 heterocycles. The fraction of sp³-hybridized carbons (Fsp3) is 0.333. The van der Waals surface area contributed by atoms with Gasteiger partial charge in [0.15, 0.2) is 20.9 Å². The van der Waals surface area contributed by atoms with E-state index in [-0.39, 0.29) is 0 Å². The van der Waals surface area contributed by atoms with Gasteiger partial charge in [0.2, 0.25) is 5.13 Å². The van der Waals surface area contributed by atoms with E-state index < -0.39 is 0 Å². The summed E-state index contributed by atoms with van der Waals surface area (Å²) in [4.78, 5) is 10.0. The molecule has 2 aromatic heterocycles. The van der Waals surface area contributed by atoms with Gasteiger partial charge in [-0.05, 0) is 11.8 Å². The number of nitrogens with two attached hydrogens (primary N) is 1. The number of nitrogen functional groups attached to an aromatic ring is 1. The molecule has 3 N–H and O–H groups in total. The summed E-state index contributed by atoms with van der Waals surface area (Å²) in [5.74, 6) is 6.28. The zero-order chi connectivity index (χ0) is 13.8. The Hall–Kier alpha value is -1.65. The van der Waals surface area contributed by atoms with Crippen LogP contribution in [-0.4, -0.2) is 41.4 Å². The first-order valence-electron chi connectivity index (χ1n) is 5.20. The molecule has 2 aromatic rings. The topological polar surface area (TPSA) is 102 Å². The molecular formula is C9H13N7OS2. The maximum Gasteiger partial charge on any atom is 0.208 e. The molecule has 0 spiro atoms. The van der Waals surface area contributed by atoms with E-state index in [2.05, 4.69) is 25.6 Å². The molecular weight excluding hydrogens is 286 g/mol. The lowest BCUT2D eigenvalue weighted by molar-refractivity contribution is 0.400. The van der Waals surface area contributed by atoms with E-state index in [9.17, 15) is 0 Å². The first-order valence-corrected chi connectivity index (χ1v) is 6.83. The van der Waals surface area contributed by atoms with E-state index >= 15 is 0 Å². The second kappa shape index (κ2) is 5.99. The van der Waals surface area contributed by atoms with E-state index in [4.69, 9.17) is 10.6 Å². The molecule has 0 aliphatic heterocycles. The Morgan fingerprint density at radius 3 is 2.74 bits per heavy atom. The SMILES string of the molecule is COc1c(NN)ncnc1Sc1nnc(N(C)C)s1. The van der Waals surface area contributed by atoms with Gasteiger partial charge < -0.3 is 15.1 Å². The minimum Gasteiger partial charge on any atom is -0.490 e. The molecule has 0 amide bonds. The molecule has 0 atom stereocenters. The molecule has 0 saturated heterocycles. The highest BCUT2D eigenvalue weighted by Crippen LogP contribution is 2.38. The summed E-state index contributed by atoms with van der Waals surface area (Å²) in [6, 6.07) is 0. The largest absolute Gasteiger partial charge is 0.490 e. The number of hydrogen-bond acceptors (Lipinski definition) is 10. The average Bonchev–Trinajstić information content (AvgIpc) is 2.87. The van der Waals surface area contributed by atoms with Crippen LogP contribution in [-0.2, 0) is 0 Å². The number of anilines is 2. The zero-order valence-corrected chi connectivity index (χ0v) is 12.2. The van der Waals surface area contributed by atoms with Gasteiger partial charge in [-0.2, -0.15) is 0 Å². The second-order valence-corrected chi connectivity index (χ2v) is 5.74. The molecule has 0 saturated carbocycles. The molecule has 0 aliphatic rings. The van der Waals surface area contributed by atoms with Gasteiger partial charge in [-0.15, -0.1) is 10.2 Å². The molecule has 0 bridgehead atoms. The monoisotopic (exact) mass is 299 g/mol. The first kappa shape index (κ1) is 13.8. The number of ether oxygens (including phenoxy) is 1. The van der Waals surface area contributed by atoms with Gasteiger partial charge in [-0.1, -0.05) is 11.3 Å². The summed E-state index contributed by atoms with van der Waals surface area (Å²) >= 11 is 2.82. The lowest BCUT2D eigenvalue weighted by Gasteiger charge is -2.08. The molecule has 0 radical (unpaired) electrons. The van der Waals surface area contributed by atoms with Crippen LogP contribution >= 0.6 is 23.1 Å². The average molecular weight is 299 g/mol. The summed E-state index contributed by atoms with van der Waals surface area (Å²) < 4.78 is 6.02. The lowest BCUT2D eigenvalue weighted by Crippen LogP contribution is -2.10. The van der Waals surface area contributed by atoms with Gasteiger partial charge in [-0.25, -0.2) is 15.8 Å². The summed E-state index contributed by atoms with van der Waals surface area (Å²) in [5.41, 5.74) is 2.47. The molecule has 0 aromatic carbocycles. The minimum absolute atomic E-state index is 0.428. The van der Waals surface area contributed by atoms with E-state index in [1.165, 1.54) is 36.5 Å². The molecule has 19 heavy (non-hydrogen) atoms. The third-order valence-electron chi connectivity index (χ3n) is 2.07. The van der Waals surface area contributed by atoms with Crippen LogP contribution in [0.3, 0.4) is 0 Å². The zero-order valence-electron chi connectivity index (χ0n) is 10.6. The number of nitrogens with one attached hydrogen (secondary N) is 1. The normalized spacial score (nSPS) is 10.3. The lowest BCUT2D eigenvalue weighted by atomic mass is 10.5. The first-order chi connectivity index (χ1) is 9.15. The van der Waals surface area contributed by atoms with E-state index in [1.54, 1.807) is 0 Å². The van der Waals surface area contributed by atoms with Crippen molar-refractivity contribution in [1.82, 2.24) is 20.2 Å². The van der Waals surface area contributed by atoms with Gasteiger partial charge in [0.25, 0.3) is 0 Å². The highest BCUT2D eigenvalue weighted by atomic mass is 32.2. The summed E-state index contributed by atoms with van der Waals surface area (Å²) in [5, 5.41) is 9.60. The summed E-state index contributed by atoms with van der Waals surface area (Å²) in [7, 11) is 5.36. The van der Waals surface area contributed by atoms with Crippen LogP contribution in [0.4, 0.5) is 10.9 Å². The molecule has 2 rings (SSSR count). The van der Waals surface area contributed by atoms with Crippen molar-refractivity contribution in [2.24, 2.45) is 5.84 Å². The number of hydrazine groups is 1. The Bertz CT molecular complexity index is 559. The number of nitrogens with zero attached hydrogens (tertiary/aromatic N) is 5. The fourth-order valence-corrected chi connectivity index (χ4v) is 2.97. The number of rotatable bonds is 5. The molecule has 10 heteroatoms. The van der Waals surface area contributed by atoms with Crippen molar-refractivity contribution in [2.75, 3.05) is 31.5 Å². The Kier molecular flexibility index (Phi) is 4.35. The Morgan fingerprint density at radius 2 is 2.16 bits per heavy atom. The van der Waals surface area contributed by atoms with E-state index in [1.807, 2.05) is 19.0 Å². The van der Waals surface area contributed by atoms with Crippen molar-refractivity contribution in [3.05, 3.63) is 6.33 Å². The van der Waals surface area contributed by atoms with Gasteiger partial charge >= 0.3 is 0 Å². The predicted molar refractivity (Wildman–Crippen MR) is 74.8 cm³/mol. The third kappa shape index (κ3) is 3.03. The van der Waals surface area contributed by atoms with Crippen molar-refractivity contribution >= 4 is 34.0 Å². The van der Waals surface area contributed by atoms with E-state index in [0.29, 0.717) is 16.6 Å². The van der Waals surface area contributed by atoms with Crippen molar-refractivity contribution in [3.63, 3.8) is 0 Å². The Balaban J connectivity index is 2.27. The molecule has 8 nitrogen and oxygen atoms in total. The van der Waals surface area contributed by atoms with Crippen molar-refractivity contribution in [3.8, 4) is 5.75 Å². The minimum atomic E-state index is 0.428. The van der Waals surface area contributed by atoms with Crippen molar-refractivity contribution in [2.45, 2.75) is 9.37 Å². The van der Waals surface area contributed by atoms with Crippen LogP contribution in [0.1, 0.15) is 0 Å². The van der Waals surface area contributed by atoms with Crippen molar-refractivity contribution in [1.29, 1.82) is 0 Å². The van der Waals surface area contributed by atoms with Crippen molar-refractivity contribution < 1.29 is 4.74 Å². The quantitative estimate of drug-likeness (QED) is 0.472. The number of methoxy groups -OCH3 is 1. The summed E-state index contributed by atoms with van der Waals surface area (Å²) in [6.07, 6.45) is 1.41. The standard InChI is InChI=1S/C9H13N7OS2/c1-16(2)8-14-15-9(19-8)18-7-5(17-3)6(13-10)11-4-12-7/h4H,10H2,1-3H3,(H,11,12,13). The van der Waals surface area contributed by atoms with Crippen LogP contribution < -0.4 is 20.9 Å². The van der Waals surface area contributed by atoms with Gasteiger partial charge in [-0.3, -0.25) is 0 Å². The van der Waals surface area contributed by atoms with Crippen LogP contribution in [0.5, 0.6) is 5.75 Å². The predicted octanol–water partition coefficient (Wildman–Crippen LogP) is 0.839. The third-order valence-corrected chi connectivity index (χ3v) is 4.20. The highest BCUT2D eigenvalue weighted by Gasteiger charge is 2.15. The number of hydrogen-bond donors (Lipinski definition) is 2. The second-order valence-electron chi connectivity index (χ2n) is 3.55. The van der Waals surface area contributed by atoms with Crippen LogP contribution in [0.15, 0.2) is 15.7 Å². The van der Waals surface area contributed by atoms with Gasteiger partial charge in [0.1, 0.15) is 6.33 Å². The maximum absolute atomic E-state index is 5.37. The van der Waals surface area contributed by atoms with Gasteiger partial charge in [0.05, 0.1) is 7.11 Å². The molecule has 102 valence electrons. The molecule has 0 fully saturated rings. The maximum atomic E-state index is 5.37. The summed E-state index contributed by atoms with van der Waals surface area (Å²) in [6.45, 7) is 0. The Morgan fingerprint density at radius 1 is 1.37 bits per heavy atom. The van der Waals surface area contributed by atoms with Crippen LogP contribution in [0.2, 0.25) is 0 Å². The van der Waals surface area contributed by atoms with E-state index in [0.717, 1.165) is 9.47 Å². The number of aromatic nitrogens is 4. The molecule has 0 unspecified atom stereocenters. The highest BCUT2D eigenvalue weighted by molar-refractivity contribution is 8.01.